The topological polar surface area (TPSA) is 33.4 Å². The smallest absolute Gasteiger partial charge is 0.165 e. The first-order valence-corrected chi connectivity index (χ1v) is 9.48. The number of nitrogens with zero attached hydrogens (tertiary/aromatic N) is 4. The number of aryl methyl sites for hydroxylation is 1. The maximum Gasteiger partial charge on any atom is 0.165 e. The van der Waals surface area contributed by atoms with Crippen LogP contribution in [0.25, 0.3) is 16.9 Å². The molecule has 4 nitrogen and oxygen atoms in total. The highest BCUT2D eigenvalue weighted by atomic mass is 35.5. The summed E-state index contributed by atoms with van der Waals surface area (Å²) in [6.45, 7) is 5.22. The summed E-state index contributed by atoms with van der Waals surface area (Å²) in [5.74, 6) is 0.993. The Morgan fingerprint density at radius 3 is 2.69 bits per heavy atom. The number of hydrogen-bond acceptors (Lipinski definition) is 3. The van der Waals surface area contributed by atoms with Crippen molar-refractivity contribution in [2.45, 2.75) is 26.7 Å². The van der Waals surface area contributed by atoms with Crippen LogP contribution in [0.4, 0.5) is 10.2 Å². The molecule has 2 aromatic heterocycles. The highest BCUT2D eigenvalue weighted by Gasteiger charge is 2.20. The van der Waals surface area contributed by atoms with Gasteiger partial charge in [0.05, 0.1) is 17.4 Å². The van der Waals surface area contributed by atoms with E-state index in [4.69, 9.17) is 28.2 Å². The van der Waals surface area contributed by atoms with Gasteiger partial charge in [0.2, 0.25) is 0 Å². The normalized spacial score (nSPS) is 11.3. The molecule has 0 saturated heterocycles. The highest BCUT2D eigenvalue weighted by molar-refractivity contribution is 6.36. The first-order valence-electron chi connectivity index (χ1n) is 8.72. The summed E-state index contributed by atoms with van der Waals surface area (Å²) in [4.78, 5) is 11.5. The molecule has 26 heavy (non-hydrogen) atoms. The van der Waals surface area contributed by atoms with Crippen molar-refractivity contribution in [3.63, 3.8) is 0 Å². The summed E-state index contributed by atoms with van der Waals surface area (Å²) in [7, 11) is 0. The first-order chi connectivity index (χ1) is 12.6. The van der Waals surface area contributed by atoms with Crippen molar-refractivity contribution in [3.05, 3.63) is 46.3 Å². The fourth-order valence-electron chi connectivity index (χ4n) is 3.12. The molecule has 138 valence electrons. The fraction of sp³-hybridized carbons (Fsp3) is 0.368. The number of rotatable bonds is 7. The number of imidazole rings is 1. The van der Waals surface area contributed by atoms with Gasteiger partial charge in [-0.1, -0.05) is 30.1 Å². The van der Waals surface area contributed by atoms with E-state index in [1.807, 2.05) is 16.7 Å². The van der Waals surface area contributed by atoms with E-state index in [0.717, 1.165) is 35.7 Å². The first kappa shape index (κ1) is 18.9. The quantitative estimate of drug-likeness (QED) is 0.533. The summed E-state index contributed by atoms with van der Waals surface area (Å²) in [6, 6.07) is 5.35. The Hall–Kier alpha value is -1.85. The number of aromatic nitrogens is 3. The van der Waals surface area contributed by atoms with Gasteiger partial charge < -0.3 is 4.90 Å². The van der Waals surface area contributed by atoms with Crippen LogP contribution in [0.15, 0.2) is 30.6 Å². The predicted octanol–water partition coefficient (Wildman–Crippen LogP) is 5.45. The second kappa shape index (κ2) is 8.23. The van der Waals surface area contributed by atoms with Gasteiger partial charge in [-0.05, 0) is 38.0 Å². The third-order valence-corrected chi connectivity index (χ3v) is 4.90. The molecule has 0 bridgehead atoms. The van der Waals surface area contributed by atoms with Crippen LogP contribution >= 0.6 is 23.2 Å². The second-order valence-electron chi connectivity index (χ2n) is 5.95. The number of fused-ring (bicyclic) bond motifs is 1. The lowest BCUT2D eigenvalue weighted by Crippen LogP contribution is -2.26. The van der Waals surface area contributed by atoms with E-state index in [1.54, 1.807) is 18.3 Å². The summed E-state index contributed by atoms with van der Waals surface area (Å²) in [5, 5.41) is 1.11. The van der Waals surface area contributed by atoms with Gasteiger partial charge in [-0.15, -0.1) is 0 Å². The molecule has 0 unspecified atom stereocenters. The van der Waals surface area contributed by atoms with E-state index in [2.05, 4.69) is 23.7 Å². The molecule has 2 heterocycles. The summed E-state index contributed by atoms with van der Waals surface area (Å²) >= 11 is 12.4. The van der Waals surface area contributed by atoms with Crippen LogP contribution in [0, 0.1) is 0 Å². The zero-order valence-electron chi connectivity index (χ0n) is 14.8. The van der Waals surface area contributed by atoms with Crippen LogP contribution in [0.1, 0.15) is 26.0 Å². The number of alkyl halides is 1. The minimum atomic E-state index is -0.331. The molecule has 0 aliphatic carbocycles. The van der Waals surface area contributed by atoms with Gasteiger partial charge in [0.25, 0.3) is 0 Å². The molecule has 0 aliphatic rings. The van der Waals surface area contributed by atoms with E-state index in [-0.39, 0.29) is 6.67 Å². The monoisotopic (exact) mass is 394 g/mol. The van der Waals surface area contributed by atoms with Crippen LogP contribution in [0.3, 0.4) is 0 Å². The van der Waals surface area contributed by atoms with Gasteiger partial charge >= 0.3 is 0 Å². The molecule has 3 rings (SSSR count). The Balaban J connectivity index is 2.20. The lowest BCUT2D eigenvalue weighted by molar-refractivity contribution is 0.471. The SMILES string of the molecule is CCc1nc2c(-c3ccc(Cl)cc3Cl)nccn2c1N(CC)CCCF. The zero-order valence-corrected chi connectivity index (χ0v) is 16.4. The predicted molar refractivity (Wildman–Crippen MR) is 106 cm³/mol. The molecule has 0 amide bonds. The molecule has 0 spiro atoms. The lowest BCUT2D eigenvalue weighted by Gasteiger charge is -2.23. The molecule has 0 fully saturated rings. The summed E-state index contributed by atoms with van der Waals surface area (Å²) < 4.78 is 14.7. The average molecular weight is 395 g/mol. The molecule has 7 heteroatoms. The maximum atomic E-state index is 12.7. The van der Waals surface area contributed by atoms with E-state index in [0.29, 0.717) is 28.7 Å². The van der Waals surface area contributed by atoms with Gasteiger partial charge in [-0.25, -0.2) is 4.98 Å². The van der Waals surface area contributed by atoms with Crippen LogP contribution in [-0.2, 0) is 6.42 Å². The molecular formula is C19H21Cl2FN4. The molecule has 1 aromatic carbocycles. The number of halogens is 3. The van der Waals surface area contributed by atoms with E-state index in [9.17, 15) is 4.39 Å². The van der Waals surface area contributed by atoms with Crippen molar-refractivity contribution in [3.8, 4) is 11.3 Å². The molecule has 0 radical (unpaired) electrons. The number of benzene rings is 1. The highest BCUT2D eigenvalue weighted by Crippen LogP contribution is 2.33. The Morgan fingerprint density at radius 1 is 1.23 bits per heavy atom. The van der Waals surface area contributed by atoms with Crippen molar-refractivity contribution < 1.29 is 4.39 Å². The van der Waals surface area contributed by atoms with Crippen molar-refractivity contribution in [2.24, 2.45) is 0 Å². The number of anilines is 1. The van der Waals surface area contributed by atoms with Crippen molar-refractivity contribution in [1.82, 2.24) is 14.4 Å². The van der Waals surface area contributed by atoms with Gasteiger partial charge in [0.15, 0.2) is 5.65 Å². The second-order valence-corrected chi connectivity index (χ2v) is 6.80. The molecule has 3 aromatic rings. The summed E-state index contributed by atoms with van der Waals surface area (Å²) in [6.07, 6.45) is 4.89. The molecule has 0 saturated carbocycles. The maximum absolute atomic E-state index is 12.7. The van der Waals surface area contributed by atoms with Crippen LogP contribution < -0.4 is 4.90 Å². The van der Waals surface area contributed by atoms with Crippen molar-refractivity contribution in [2.75, 3.05) is 24.7 Å². The average Bonchev–Trinajstić information content (AvgIpc) is 3.01. The molecular weight excluding hydrogens is 374 g/mol. The molecule has 0 atom stereocenters. The molecule has 0 aliphatic heterocycles. The standard InChI is InChI=1S/C19H21Cl2FN4/c1-3-16-19(25(4-2)10-5-8-22)26-11-9-23-17(18(26)24-16)14-7-6-13(20)12-15(14)21/h6-7,9,11-12H,3-5,8,10H2,1-2H3. The minimum Gasteiger partial charge on any atom is -0.356 e. The van der Waals surface area contributed by atoms with E-state index >= 15 is 0 Å². The third kappa shape index (κ3) is 3.51. The number of hydrogen-bond donors (Lipinski definition) is 0. The molecule has 0 N–H and O–H groups in total. The third-order valence-electron chi connectivity index (χ3n) is 4.35. The van der Waals surface area contributed by atoms with Crippen LogP contribution in [0.5, 0.6) is 0 Å². The summed E-state index contributed by atoms with van der Waals surface area (Å²) in [5.41, 5.74) is 3.19. The van der Waals surface area contributed by atoms with Gasteiger partial charge in [-0.2, -0.15) is 0 Å². The minimum absolute atomic E-state index is 0.331. The zero-order chi connectivity index (χ0) is 18.7. The van der Waals surface area contributed by atoms with Crippen LogP contribution in [-0.4, -0.2) is 34.1 Å². The van der Waals surface area contributed by atoms with Crippen molar-refractivity contribution in [1.29, 1.82) is 0 Å². The Kier molecular flexibility index (Phi) is 5.99. The van der Waals surface area contributed by atoms with Gasteiger partial charge in [-0.3, -0.25) is 13.8 Å². The van der Waals surface area contributed by atoms with Gasteiger partial charge in [0, 0.05) is 36.1 Å². The van der Waals surface area contributed by atoms with E-state index < -0.39 is 0 Å². The lowest BCUT2D eigenvalue weighted by atomic mass is 10.1. The Labute approximate surface area is 162 Å². The Bertz CT molecular complexity index is 910. The van der Waals surface area contributed by atoms with Crippen LogP contribution in [0.2, 0.25) is 10.0 Å². The Morgan fingerprint density at radius 2 is 2.04 bits per heavy atom. The van der Waals surface area contributed by atoms with Crippen molar-refractivity contribution >= 4 is 34.7 Å². The van der Waals surface area contributed by atoms with Gasteiger partial charge in [0.1, 0.15) is 11.5 Å². The van der Waals surface area contributed by atoms with E-state index in [1.165, 1.54) is 0 Å². The largest absolute Gasteiger partial charge is 0.356 e. The fourth-order valence-corrected chi connectivity index (χ4v) is 3.62.